The number of fused-ring (bicyclic) bond motifs is 1. The van der Waals surface area contributed by atoms with Gasteiger partial charge in [0.05, 0.1) is 35.9 Å². The molecule has 1 aliphatic heterocycles. The highest BCUT2D eigenvalue weighted by Gasteiger charge is 2.34. The summed E-state index contributed by atoms with van der Waals surface area (Å²) in [4.78, 5) is 31.8. The molecule has 1 amide bonds. The van der Waals surface area contributed by atoms with Crippen molar-refractivity contribution in [1.29, 1.82) is 0 Å². The van der Waals surface area contributed by atoms with E-state index in [0.29, 0.717) is 49.7 Å². The Hall–Kier alpha value is -3.47. The van der Waals surface area contributed by atoms with Crippen LogP contribution in [0.2, 0.25) is 0 Å². The van der Waals surface area contributed by atoms with E-state index in [2.05, 4.69) is 16.8 Å². The minimum Gasteiger partial charge on any atom is -0.388 e. The smallest absolute Gasteiger partial charge is 0.261 e. The van der Waals surface area contributed by atoms with Gasteiger partial charge in [0.1, 0.15) is 0 Å². The summed E-state index contributed by atoms with van der Waals surface area (Å²) in [6.45, 7) is 5.36. The summed E-state index contributed by atoms with van der Waals surface area (Å²) in [6.07, 6.45) is 3.47. The summed E-state index contributed by atoms with van der Waals surface area (Å²) >= 11 is 0. The van der Waals surface area contributed by atoms with E-state index in [1.54, 1.807) is 18.2 Å². The first-order valence-corrected chi connectivity index (χ1v) is 12.2. The summed E-state index contributed by atoms with van der Waals surface area (Å²) in [5, 5.41) is 11.6. The molecule has 0 aliphatic carbocycles. The number of carbonyl (C=O) groups excluding carboxylic acids is 1. The maximum atomic E-state index is 13.0. The molecule has 1 saturated heterocycles. The van der Waals surface area contributed by atoms with Crippen molar-refractivity contribution in [3.05, 3.63) is 76.3 Å². The molecule has 35 heavy (non-hydrogen) atoms. The van der Waals surface area contributed by atoms with Crippen molar-refractivity contribution in [3.63, 3.8) is 0 Å². The number of nitrogens with zero attached hydrogens (tertiary/aromatic N) is 3. The third-order valence-electron chi connectivity index (χ3n) is 6.14. The molecule has 0 unspecified atom stereocenters. The van der Waals surface area contributed by atoms with Gasteiger partial charge in [-0.05, 0) is 43.0 Å². The van der Waals surface area contributed by atoms with Crippen LogP contribution in [0.5, 0.6) is 0 Å². The average Bonchev–Trinajstić information content (AvgIpc) is 2.90. The Balaban J connectivity index is 0.00000167. The number of carbonyl (C=O) groups is 1. The fourth-order valence-corrected chi connectivity index (χ4v) is 4.20. The minimum atomic E-state index is -1.05. The number of amides is 1. The summed E-state index contributed by atoms with van der Waals surface area (Å²) in [5.41, 5.74) is 6.61. The van der Waals surface area contributed by atoms with E-state index in [0.717, 1.165) is 11.1 Å². The van der Waals surface area contributed by atoms with Crippen molar-refractivity contribution in [2.24, 2.45) is 5.73 Å². The van der Waals surface area contributed by atoms with Crippen LogP contribution in [0.25, 0.3) is 10.9 Å². The summed E-state index contributed by atoms with van der Waals surface area (Å²) in [7, 11) is 0. The van der Waals surface area contributed by atoms with E-state index in [9.17, 15) is 14.7 Å². The molecule has 4 rings (SSSR count). The monoisotopic (exact) mass is 474 g/mol. The van der Waals surface area contributed by atoms with Crippen LogP contribution in [0.3, 0.4) is 0 Å². The first kappa shape index (κ1) is 26.1. The van der Waals surface area contributed by atoms with Gasteiger partial charge in [0, 0.05) is 25.1 Å². The van der Waals surface area contributed by atoms with Gasteiger partial charge >= 0.3 is 0 Å². The molecule has 0 atom stereocenters. The van der Waals surface area contributed by atoms with Crippen molar-refractivity contribution in [1.82, 2.24) is 14.5 Å². The third kappa shape index (κ3) is 6.78. The van der Waals surface area contributed by atoms with Crippen LogP contribution in [0, 0.1) is 11.8 Å². The number of benzene rings is 2. The van der Waals surface area contributed by atoms with Gasteiger partial charge in [-0.2, -0.15) is 0 Å². The minimum absolute atomic E-state index is 0.0963. The number of hydrogen-bond donors (Lipinski definition) is 2. The van der Waals surface area contributed by atoms with Crippen LogP contribution in [0.1, 0.15) is 44.2 Å². The molecule has 2 heterocycles. The lowest BCUT2D eigenvalue weighted by Crippen LogP contribution is -2.49. The third-order valence-corrected chi connectivity index (χ3v) is 6.14. The Morgan fingerprint density at radius 2 is 1.86 bits per heavy atom. The maximum absolute atomic E-state index is 13.0. The number of nitrogens with two attached hydrogens (primary N) is 1. The Morgan fingerprint density at radius 3 is 2.54 bits per heavy atom. The summed E-state index contributed by atoms with van der Waals surface area (Å²) in [5.74, 6) is 5.82. The van der Waals surface area contributed by atoms with Crippen LogP contribution in [0.4, 0.5) is 0 Å². The van der Waals surface area contributed by atoms with Crippen molar-refractivity contribution in [3.8, 4) is 11.8 Å². The zero-order valence-electron chi connectivity index (χ0n) is 20.5. The van der Waals surface area contributed by atoms with Crippen LogP contribution in [-0.4, -0.2) is 50.7 Å². The topological polar surface area (TPSA) is 101 Å². The molecule has 0 spiro atoms. The van der Waals surface area contributed by atoms with Crippen LogP contribution < -0.4 is 11.3 Å². The van der Waals surface area contributed by atoms with Gasteiger partial charge in [-0.1, -0.05) is 56.0 Å². The second-order valence-corrected chi connectivity index (χ2v) is 8.51. The molecule has 7 nitrogen and oxygen atoms in total. The molecular weight excluding hydrogens is 440 g/mol. The number of hydrogen-bond acceptors (Lipinski definition) is 5. The van der Waals surface area contributed by atoms with E-state index in [4.69, 9.17) is 5.73 Å². The normalized spacial score (nSPS) is 14.5. The van der Waals surface area contributed by atoms with E-state index in [1.807, 2.05) is 49.1 Å². The molecule has 7 heteroatoms. The summed E-state index contributed by atoms with van der Waals surface area (Å²) < 4.78 is 1.46. The van der Waals surface area contributed by atoms with Crippen LogP contribution in [-0.2, 0) is 17.8 Å². The molecule has 1 aliphatic rings. The van der Waals surface area contributed by atoms with Crippen LogP contribution >= 0.6 is 0 Å². The first-order valence-electron chi connectivity index (χ1n) is 12.2. The highest BCUT2D eigenvalue weighted by Crippen LogP contribution is 2.24. The largest absolute Gasteiger partial charge is 0.388 e. The van der Waals surface area contributed by atoms with Gasteiger partial charge in [-0.3, -0.25) is 14.2 Å². The Labute approximate surface area is 206 Å². The maximum Gasteiger partial charge on any atom is 0.261 e. The van der Waals surface area contributed by atoms with E-state index in [-0.39, 0.29) is 24.6 Å². The molecule has 0 bridgehead atoms. The number of rotatable bonds is 5. The fourth-order valence-electron chi connectivity index (χ4n) is 4.20. The predicted molar refractivity (Wildman–Crippen MR) is 139 cm³/mol. The fraction of sp³-hybridized carbons (Fsp3) is 0.393. The number of likely N-dealkylation sites (tertiary alicyclic amines) is 1. The number of piperidine rings is 1. The van der Waals surface area contributed by atoms with Crippen LogP contribution in [0.15, 0.2) is 59.7 Å². The molecule has 184 valence electrons. The predicted octanol–water partition coefficient (Wildman–Crippen LogP) is 2.72. The van der Waals surface area contributed by atoms with Crippen molar-refractivity contribution in [2.45, 2.75) is 51.7 Å². The Bertz CT molecular complexity index is 1250. The molecule has 0 saturated carbocycles. The zero-order valence-corrected chi connectivity index (χ0v) is 20.5. The lowest BCUT2D eigenvalue weighted by Gasteiger charge is -2.38. The van der Waals surface area contributed by atoms with Gasteiger partial charge in [0.25, 0.3) is 5.56 Å². The number of aryl methyl sites for hydroxylation is 1. The highest BCUT2D eigenvalue weighted by atomic mass is 16.3. The quantitative estimate of drug-likeness (QED) is 0.554. The standard InChI is InChI=1S/C26H28N4O3.C2H6/c27-14-4-7-21-8-10-22-23(17-21)28-19-30(25(22)32)18-26(33)12-15-29(16-13-26)24(31)11-9-20-5-2-1-3-6-20;1-2/h1-3,5-6,8,10,17,19,33H,9,11-16,18,27H2;1-2H3. The average molecular weight is 475 g/mol. The zero-order chi connectivity index (χ0) is 25.3. The number of aromatic nitrogens is 2. The van der Waals surface area contributed by atoms with Gasteiger partial charge in [0.2, 0.25) is 5.91 Å². The van der Waals surface area contributed by atoms with Crippen molar-refractivity contribution < 1.29 is 9.90 Å². The first-order chi connectivity index (χ1) is 17.0. The summed E-state index contributed by atoms with van der Waals surface area (Å²) in [6, 6.07) is 15.2. The molecule has 1 aromatic heterocycles. The van der Waals surface area contributed by atoms with E-state index < -0.39 is 5.60 Å². The lowest BCUT2D eigenvalue weighted by molar-refractivity contribution is -0.135. The highest BCUT2D eigenvalue weighted by molar-refractivity contribution is 5.79. The Morgan fingerprint density at radius 1 is 1.14 bits per heavy atom. The van der Waals surface area contributed by atoms with Gasteiger partial charge in [-0.15, -0.1) is 0 Å². The molecule has 3 N–H and O–H groups in total. The van der Waals surface area contributed by atoms with Gasteiger partial charge < -0.3 is 15.7 Å². The second kappa shape index (κ2) is 12.3. The second-order valence-electron chi connectivity index (χ2n) is 8.51. The molecule has 1 fully saturated rings. The Kier molecular flexibility index (Phi) is 9.18. The number of aliphatic hydroxyl groups is 1. The lowest BCUT2D eigenvalue weighted by atomic mass is 9.91. The van der Waals surface area contributed by atoms with Crippen molar-refractivity contribution in [2.75, 3.05) is 19.6 Å². The molecule has 2 aromatic carbocycles. The van der Waals surface area contributed by atoms with E-state index >= 15 is 0 Å². The molecular formula is C28H34N4O3. The molecule has 3 aromatic rings. The van der Waals surface area contributed by atoms with Gasteiger partial charge in [0.15, 0.2) is 0 Å². The SMILES string of the molecule is CC.NCC#Cc1ccc2c(=O)n(CC3(O)CCN(C(=O)CCc4ccccc4)CC3)cnc2c1. The van der Waals surface area contributed by atoms with Gasteiger partial charge in [-0.25, -0.2) is 4.98 Å². The molecule has 0 radical (unpaired) electrons. The van der Waals surface area contributed by atoms with E-state index in [1.165, 1.54) is 10.9 Å². The van der Waals surface area contributed by atoms with Crippen molar-refractivity contribution >= 4 is 16.8 Å².